The van der Waals surface area contributed by atoms with Crippen LogP contribution in [0.5, 0.6) is 0 Å². The number of rotatable bonds is 4. The largest absolute Gasteiger partial charge is 0.443 e. The summed E-state index contributed by atoms with van der Waals surface area (Å²) in [4.78, 5) is 28.0. The Balaban J connectivity index is 2.11. The minimum absolute atomic E-state index is 0.194. The number of anilines is 1. The molecule has 2 amide bonds. The molecular weight excluding hydrogens is 350 g/mol. The fraction of sp³-hybridized carbons (Fsp3) is 0.417. The molecule has 0 unspecified atom stereocenters. The number of carbonyl (C=O) groups excluding carboxylic acids is 2. The van der Waals surface area contributed by atoms with Crippen LogP contribution in [0.4, 0.5) is 10.5 Å². The SMILES string of the molecule is CC(C)C[C@]1(Cc2ccccc2)C(=O)N(C(=O)OC(C)(C)C)c2ccccc21. The first-order valence-corrected chi connectivity index (χ1v) is 9.85. The maximum Gasteiger partial charge on any atom is 0.421 e. The molecule has 0 saturated heterocycles. The van der Waals surface area contributed by atoms with E-state index in [1.165, 1.54) is 4.90 Å². The molecule has 4 heteroatoms. The average Bonchev–Trinajstić information content (AvgIpc) is 2.83. The van der Waals surface area contributed by atoms with E-state index < -0.39 is 17.1 Å². The van der Waals surface area contributed by atoms with Gasteiger partial charge in [0.05, 0.1) is 11.1 Å². The number of hydrogen-bond donors (Lipinski definition) is 0. The van der Waals surface area contributed by atoms with Gasteiger partial charge in [-0.05, 0) is 56.7 Å². The molecule has 3 rings (SSSR count). The van der Waals surface area contributed by atoms with Gasteiger partial charge in [-0.25, -0.2) is 9.69 Å². The average molecular weight is 380 g/mol. The predicted molar refractivity (Wildman–Crippen MR) is 111 cm³/mol. The summed E-state index contributed by atoms with van der Waals surface area (Å²) < 4.78 is 5.56. The van der Waals surface area contributed by atoms with Crippen LogP contribution in [-0.2, 0) is 21.4 Å². The van der Waals surface area contributed by atoms with Crippen LogP contribution in [-0.4, -0.2) is 17.6 Å². The van der Waals surface area contributed by atoms with Crippen LogP contribution in [0.25, 0.3) is 0 Å². The molecule has 1 aliphatic rings. The molecule has 1 atom stereocenters. The van der Waals surface area contributed by atoms with Crippen molar-refractivity contribution < 1.29 is 14.3 Å². The zero-order valence-electron chi connectivity index (χ0n) is 17.4. The Morgan fingerprint density at radius 1 is 1.04 bits per heavy atom. The molecule has 2 aromatic carbocycles. The summed E-state index contributed by atoms with van der Waals surface area (Å²) in [5.74, 6) is 0.0970. The number of fused-ring (bicyclic) bond motifs is 1. The standard InChI is InChI=1S/C24H29NO3/c1-17(2)15-24(16-18-11-7-6-8-12-18)19-13-9-10-14-20(19)25(21(24)26)22(27)28-23(3,4)5/h6-14,17H,15-16H2,1-5H3/t24-/m1/s1. The highest BCUT2D eigenvalue weighted by atomic mass is 16.6. The maximum absolute atomic E-state index is 13.8. The zero-order valence-corrected chi connectivity index (χ0v) is 17.4. The molecule has 0 N–H and O–H groups in total. The minimum atomic E-state index is -0.775. The van der Waals surface area contributed by atoms with E-state index in [4.69, 9.17) is 4.74 Å². The van der Waals surface area contributed by atoms with Crippen LogP contribution in [0.15, 0.2) is 54.6 Å². The summed E-state index contributed by atoms with van der Waals surface area (Å²) in [5.41, 5.74) is 1.18. The van der Waals surface area contributed by atoms with Crippen molar-refractivity contribution in [3.63, 3.8) is 0 Å². The Kier molecular flexibility index (Phi) is 5.33. The Morgan fingerprint density at radius 2 is 1.64 bits per heavy atom. The van der Waals surface area contributed by atoms with E-state index in [0.717, 1.165) is 11.1 Å². The molecule has 1 aliphatic heterocycles. The first-order chi connectivity index (χ1) is 13.1. The lowest BCUT2D eigenvalue weighted by Crippen LogP contribution is -2.47. The van der Waals surface area contributed by atoms with Gasteiger partial charge in [0.15, 0.2) is 0 Å². The minimum Gasteiger partial charge on any atom is -0.443 e. The van der Waals surface area contributed by atoms with E-state index in [9.17, 15) is 9.59 Å². The molecule has 148 valence electrons. The van der Waals surface area contributed by atoms with Crippen LogP contribution < -0.4 is 4.90 Å². The van der Waals surface area contributed by atoms with Gasteiger partial charge >= 0.3 is 6.09 Å². The summed E-state index contributed by atoms with van der Waals surface area (Å²) >= 11 is 0. The number of hydrogen-bond acceptors (Lipinski definition) is 3. The van der Waals surface area contributed by atoms with Gasteiger partial charge in [-0.2, -0.15) is 0 Å². The van der Waals surface area contributed by atoms with Gasteiger partial charge in [0.2, 0.25) is 5.91 Å². The monoisotopic (exact) mass is 379 g/mol. The summed E-state index contributed by atoms with van der Waals surface area (Å²) in [6, 6.07) is 17.6. The van der Waals surface area contributed by atoms with Crippen molar-refractivity contribution in [2.24, 2.45) is 5.92 Å². The zero-order chi connectivity index (χ0) is 20.5. The van der Waals surface area contributed by atoms with Gasteiger partial charge in [-0.15, -0.1) is 0 Å². The highest BCUT2D eigenvalue weighted by Gasteiger charge is 2.53. The number of benzene rings is 2. The molecule has 0 fully saturated rings. The van der Waals surface area contributed by atoms with Crippen LogP contribution in [0.3, 0.4) is 0 Å². The topological polar surface area (TPSA) is 46.6 Å². The van der Waals surface area contributed by atoms with Crippen molar-refractivity contribution >= 4 is 17.7 Å². The lowest BCUT2D eigenvalue weighted by molar-refractivity contribution is -0.123. The van der Waals surface area contributed by atoms with Crippen molar-refractivity contribution in [1.82, 2.24) is 0 Å². The summed E-state index contributed by atoms with van der Waals surface area (Å²) in [5, 5.41) is 0. The molecule has 1 heterocycles. The van der Waals surface area contributed by atoms with Gasteiger partial charge in [0.25, 0.3) is 0 Å². The van der Waals surface area contributed by atoms with E-state index in [2.05, 4.69) is 13.8 Å². The summed E-state index contributed by atoms with van der Waals surface area (Å²) in [6.07, 6.45) is 0.613. The quantitative estimate of drug-likeness (QED) is 0.705. The van der Waals surface area contributed by atoms with Crippen LogP contribution in [0.2, 0.25) is 0 Å². The summed E-state index contributed by atoms with van der Waals surface area (Å²) in [7, 11) is 0. The second-order valence-electron chi connectivity index (χ2n) is 8.98. The van der Waals surface area contributed by atoms with Crippen molar-refractivity contribution in [3.05, 3.63) is 65.7 Å². The van der Waals surface area contributed by atoms with E-state index in [1.54, 1.807) is 0 Å². The van der Waals surface area contributed by atoms with Gasteiger partial charge in [-0.1, -0.05) is 62.4 Å². The lowest BCUT2D eigenvalue weighted by Gasteiger charge is -2.31. The van der Waals surface area contributed by atoms with Crippen LogP contribution >= 0.6 is 0 Å². The molecule has 0 aromatic heterocycles. The number of carbonyl (C=O) groups is 2. The molecule has 0 spiro atoms. The fourth-order valence-electron chi connectivity index (χ4n) is 4.08. The molecule has 4 nitrogen and oxygen atoms in total. The lowest BCUT2D eigenvalue weighted by atomic mass is 9.71. The Morgan fingerprint density at radius 3 is 2.25 bits per heavy atom. The molecule has 28 heavy (non-hydrogen) atoms. The van der Waals surface area contributed by atoms with Gasteiger partial charge in [0, 0.05) is 0 Å². The van der Waals surface area contributed by atoms with Crippen molar-refractivity contribution in [2.75, 3.05) is 4.90 Å². The van der Waals surface area contributed by atoms with Crippen LogP contribution in [0, 0.1) is 5.92 Å². The van der Waals surface area contributed by atoms with E-state index in [-0.39, 0.29) is 5.91 Å². The Hall–Kier alpha value is -2.62. The molecule has 0 aliphatic carbocycles. The molecule has 0 saturated carbocycles. The summed E-state index contributed by atoms with van der Waals surface area (Å²) in [6.45, 7) is 9.64. The predicted octanol–water partition coefficient (Wildman–Crippen LogP) is 5.49. The molecule has 0 bridgehead atoms. The van der Waals surface area contributed by atoms with E-state index in [1.807, 2.05) is 75.4 Å². The van der Waals surface area contributed by atoms with Crippen LogP contribution in [0.1, 0.15) is 52.2 Å². The van der Waals surface area contributed by atoms with Crippen molar-refractivity contribution in [3.8, 4) is 0 Å². The number of imide groups is 1. The molecule has 2 aromatic rings. The highest BCUT2D eigenvalue weighted by Crippen LogP contribution is 2.48. The Bertz CT molecular complexity index is 867. The fourth-order valence-corrected chi connectivity index (χ4v) is 4.08. The van der Waals surface area contributed by atoms with Gasteiger partial charge in [-0.3, -0.25) is 4.79 Å². The maximum atomic E-state index is 13.8. The normalized spacial score (nSPS) is 19.1. The number of para-hydroxylation sites is 1. The van der Waals surface area contributed by atoms with Crippen molar-refractivity contribution in [1.29, 1.82) is 0 Å². The molecule has 0 radical (unpaired) electrons. The molecular formula is C24H29NO3. The number of nitrogens with zero attached hydrogens (tertiary/aromatic N) is 1. The highest BCUT2D eigenvalue weighted by molar-refractivity contribution is 6.21. The number of ether oxygens (including phenoxy) is 1. The third kappa shape index (κ3) is 3.82. The van der Waals surface area contributed by atoms with E-state index >= 15 is 0 Å². The van der Waals surface area contributed by atoms with E-state index in [0.29, 0.717) is 24.4 Å². The Labute approximate surface area is 167 Å². The third-order valence-electron chi connectivity index (χ3n) is 4.95. The van der Waals surface area contributed by atoms with Crippen molar-refractivity contribution in [2.45, 2.75) is 58.5 Å². The van der Waals surface area contributed by atoms with Gasteiger partial charge < -0.3 is 4.74 Å². The smallest absolute Gasteiger partial charge is 0.421 e. The van der Waals surface area contributed by atoms with Gasteiger partial charge in [0.1, 0.15) is 5.60 Å². The third-order valence-corrected chi connectivity index (χ3v) is 4.95. The number of amides is 2. The first kappa shape index (κ1) is 20.1. The first-order valence-electron chi connectivity index (χ1n) is 9.85. The second-order valence-corrected chi connectivity index (χ2v) is 8.98. The second kappa shape index (κ2) is 7.42.